The first kappa shape index (κ1) is 11.8. The molecule has 0 amide bonds. The summed E-state index contributed by atoms with van der Waals surface area (Å²) in [4.78, 5) is 0. The Kier molecular flexibility index (Phi) is 4.37. The lowest BCUT2D eigenvalue weighted by Crippen LogP contribution is -2.09. The average molecular weight is 206 g/mol. The Balaban J connectivity index is 2.87. The van der Waals surface area contributed by atoms with Gasteiger partial charge < -0.3 is 9.47 Å². The van der Waals surface area contributed by atoms with E-state index < -0.39 is 0 Å². The number of rotatable bonds is 5. The summed E-state index contributed by atoms with van der Waals surface area (Å²) >= 11 is 0. The molecule has 0 aromatic heterocycles. The average Bonchev–Trinajstić information content (AvgIpc) is 2.30. The summed E-state index contributed by atoms with van der Waals surface area (Å²) in [6.07, 6.45) is 1.96. The van der Waals surface area contributed by atoms with Gasteiger partial charge in [0.2, 0.25) is 0 Å². The van der Waals surface area contributed by atoms with E-state index >= 15 is 0 Å². The lowest BCUT2D eigenvalue weighted by atomic mass is 9.97. The van der Waals surface area contributed by atoms with Crippen LogP contribution < -0.4 is 4.74 Å². The molecule has 0 fully saturated rings. The summed E-state index contributed by atoms with van der Waals surface area (Å²) in [5.74, 6) is 1.16. The molecule has 0 N–H and O–H groups in total. The summed E-state index contributed by atoms with van der Waals surface area (Å²) in [5.41, 5.74) is 1.14. The van der Waals surface area contributed by atoms with Crippen LogP contribution in [-0.4, -0.2) is 14.2 Å². The van der Waals surface area contributed by atoms with Gasteiger partial charge in [0.05, 0.1) is 13.2 Å². The van der Waals surface area contributed by atoms with Gasteiger partial charge in [-0.2, -0.15) is 0 Å². The molecule has 2 heteroatoms. The van der Waals surface area contributed by atoms with Crippen LogP contribution in [0.2, 0.25) is 0 Å². The summed E-state index contributed by atoms with van der Waals surface area (Å²) < 4.78 is 10.6. The van der Waals surface area contributed by atoms with Crippen molar-refractivity contribution in [3.8, 4) is 5.75 Å². The Morgan fingerprint density at radius 2 is 1.80 bits per heavy atom. The topological polar surface area (TPSA) is 18.5 Å². The van der Waals surface area contributed by atoms with Crippen molar-refractivity contribution in [2.45, 2.75) is 13.0 Å². The van der Waals surface area contributed by atoms with Gasteiger partial charge in [0, 0.05) is 13.0 Å². The molecule has 1 aromatic carbocycles. The smallest absolute Gasteiger partial charge is 0.118 e. The van der Waals surface area contributed by atoms with Crippen molar-refractivity contribution in [3.05, 3.63) is 42.5 Å². The van der Waals surface area contributed by atoms with E-state index in [-0.39, 0.29) is 6.10 Å². The van der Waals surface area contributed by atoms with Gasteiger partial charge in [-0.05, 0) is 17.7 Å². The van der Waals surface area contributed by atoms with E-state index in [2.05, 4.69) is 13.5 Å². The first-order chi connectivity index (χ1) is 7.22. The molecular weight excluding hydrogens is 188 g/mol. The van der Waals surface area contributed by atoms with Crippen LogP contribution in [0.4, 0.5) is 0 Å². The monoisotopic (exact) mass is 206 g/mol. The van der Waals surface area contributed by atoms with Crippen molar-refractivity contribution >= 4 is 0 Å². The van der Waals surface area contributed by atoms with Gasteiger partial charge in [0.15, 0.2) is 0 Å². The highest BCUT2D eigenvalue weighted by atomic mass is 16.5. The number of benzene rings is 1. The third kappa shape index (κ3) is 2.83. The first-order valence-electron chi connectivity index (χ1n) is 5.02. The molecule has 0 radical (unpaired) electrons. The molecule has 0 aliphatic rings. The Bertz CT molecular complexity index is 303. The molecule has 82 valence electrons. The molecule has 2 nitrogen and oxygen atoms in total. The minimum absolute atomic E-state index is 0.0633. The van der Waals surface area contributed by atoms with Gasteiger partial charge in [-0.25, -0.2) is 0 Å². The van der Waals surface area contributed by atoms with Crippen LogP contribution >= 0.6 is 0 Å². The fraction of sp³-hybridized carbons (Fsp3) is 0.385. The van der Waals surface area contributed by atoms with E-state index in [0.29, 0.717) is 5.92 Å². The number of hydrogen-bond acceptors (Lipinski definition) is 2. The molecule has 0 spiro atoms. The van der Waals surface area contributed by atoms with E-state index in [9.17, 15) is 0 Å². The zero-order valence-corrected chi connectivity index (χ0v) is 9.57. The molecule has 0 aliphatic heterocycles. The third-order valence-corrected chi connectivity index (χ3v) is 2.55. The molecule has 0 heterocycles. The van der Waals surface area contributed by atoms with Gasteiger partial charge in [-0.1, -0.05) is 25.1 Å². The standard InChI is InChI=1S/C13H18O2/c1-5-10(2)13(15-4)11-6-8-12(14-3)9-7-11/h5-10,13H,1H2,2-4H3/t10-,13-/m1/s1. The Morgan fingerprint density at radius 1 is 1.20 bits per heavy atom. The van der Waals surface area contributed by atoms with E-state index in [1.807, 2.05) is 30.3 Å². The zero-order valence-electron chi connectivity index (χ0n) is 9.57. The maximum absolute atomic E-state index is 5.45. The first-order valence-corrected chi connectivity index (χ1v) is 5.02. The van der Waals surface area contributed by atoms with Gasteiger partial charge in [0.25, 0.3) is 0 Å². The van der Waals surface area contributed by atoms with E-state index in [1.165, 1.54) is 0 Å². The molecule has 1 aromatic rings. The lowest BCUT2D eigenvalue weighted by Gasteiger charge is -2.20. The van der Waals surface area contributed by atoms with Crippen LogP contribution in [0.15, 0.2) is 36.9 Å². The molecule has 15 heavy (non-hydrogen) atoms. The summed E-state index contributed by atoms with van der Waals surface area (Å²) in [7, 11) is 3.38. The second-order valence-electron chi connectivity index (χ2n) is 3.52. The van der Waals surface area contributed by atoms with Crippen molar-refractivity contribution in [3.63, 3.8) is 0 Å². The van der Waals surface area contributed by atoms with Crippen molar-refractivity contribution in [1.82, 2.24) is 0 Å². The number of hydrogen-bond donors (Lipinski definition) is 0. The van der Waals surface area contributed by atoms with Crippen LogP contribution in [0.1, 0.15) is 18.6 Å². The third-order valence-electron chi connectivity index (χ3n) is 2.55. The van der Waals surface area contributed by atoms with E-state index in [1.54, 1.807) is 14.2 Å². The quantitative estimate of drug-likeness (QED) is 0.689. The summed E-state index contributed by atoms with van der Waals surface area (Å²) in [5, 5.41) is 0. The normalized spacial score (nSPS) is 14.3. The van der Waals surface area contributed by atoms with Crippen molar-refractivity contribution in [1.29, 1.82) is 0 Å². The highest BCUT2D eigenvalue weighted by molar-refractivity contribution is 5.29. The van der Waals surface area contributed by atoms with E-state index in [0.717, 1.165) is 11.3 Å². The number of ether oxygens (including phenoxy) is 2. The van der Waals surface area contributed by atoms with Crippen LogP contribution in [0, 0.1) is 5.92 Å². The van der Waals surface area contributed by atoms with Crippen LogP contribution in [-0.2, 0) is 4.74 Å². The molecule has 0 bridgehead atoms. The second kappa shape index (κ2) is 5.56. The summed E-state index contributed by atoms with van der Waals surface area (Å²) in [6.45, 7) is 5.87. The van der Waals surface area contributed by atoms with Gasteiger partial charge in [-0.15, -0.1) is 6.58 Å². The highest BCUT2D eigenvalue weighted by Crippen LogP contribution is 2.27. The predicted molar refractivity (Wildman–Crippen MR) is 62.1 cm³/mol. The summed E-state index contributed by atoms with van der Waals surface area (Å²) in [6, 6.07) is 7.92. The van der Waals surface area contributed by atoms with Crippen molar-refractivity contribution < 1.29 is 9.47 Å². The Morgan fingerprint density at radius 3 is 2.20 bits per heavy atom. The maximum atomic E-state index is 5.45. The van der Waals surface area contributed by atoms with Crippen molar-refractivity contribution in [2.24, 2.45) is 5.92 Å². The van der Waals surface area contributed by atoms with Crippen LogP contribution in [0.5, 0.6) is 5.75 Å². The largest absolute Gasteiger partial charge is 0.497 e. The zero-order chi connectivity index (χ0) is 11.3. The fourth-order valence-corrected chi connectivity index (χ4v) is 1.57. The van der Waals surface area contributed by atoms with Gasteiger partial charge in [-0.3, -0.25) is 0 Å². The molecule has 0 unspecified atom stereocenters. The molecule has 0 aliphatic carbocycles. The lowest BCUT2D eigenvalue weighted by molar-refractivity contribution is 0.0742. The second-order valence-corrected chi connectivity index (χ2v) is 3.52. The van der Waals surface area contributed by atoms with Crippen molar-refractivity contribution in [2.75, 3.05) is 14.2 Å². The minimum atomic E-state index is 0.0633. The molecule has 0 saturated heterocycles. The van der Waals surface area contributed by atoms with Gasteiger partial charge in [0.1, 0.15) is 5.75 Å². The van der Waals surface area contributed by atoms with Crippen LogP contribution in [0.25, 0.3) is 0 Å². The molecular formula is C13H18O2. The van der Waals surface area contributed by atoms with E-state index in [4.69, 9.17) is 9.47 Å². The highest BCUT2D eigenvalue weighted by Gasteiger charge is 2.15. The minimum Gasteiger partial charge on any atom is -0.497 e. The predicted octanol–water partition coefficient (Wildman–Crippen LogP) is 3.20. The Labute approximate surface area is 91.5 Å². The number of methoxy groups -OCH3 is 2. The Hall–Kier alpha value is -1.28. The van der Waals surface area contributed by atoms with Crippen LogP contribution in [0.3, 0.4) is 0 Å². The molecule has 0 saturated carbocycles. The van der Waals surface area contributed by atoms with Gasteiger partial charge >= 0.3 is 0 Å². The SMILES string of the molecule is C=C[C@@H](C)[C@@H](OC)c1ccc(OC)cc1. The molecule has 1 rings (SSSR count). The maximum Gasteiger partial charge on any atom is 0.118 e. The molecule has 2 atom stereocenters. The fourth-order valence-electron chi connectivity index (χ4n) is 1.57.